The Labute approximate surface area is 121 Å². The third-order valence-corrected chi connectivity index (χ3v) is 2.74. The molecule has 0 saturated heterocycles. The Bertz CT molecular complexity index is 651. The van der Waals surface area contributed by atoms with Crippen LogP contribution in [0.1, 0.15) is 5.69 Å². The zero-order valence-corrected chi connectivity index (χ0v) is 11.3. The number of hydrogen-bond acceptors (Lipinski definition) is 3. The molecule has 0 aliphatic rings. The van der Waals surface area contributed by atoms with Crippen molar-refractivity contribution in [3.05, 3.63) is 28.6 Å². The first-order valence-electron chi connectivity index (χ1n) is 5.12. The number of nitrogens with zero attached hydrogens (tertiary/aromatic N) is 2. The number of imidazole rings is 1. The first kappa shape index (κ1) is 15.6. The molecule has 0 amide bonds. The first-order valence-corrected chi connectivity index (χ1v) is 5.91. The number of nitrogens with one attached hydrogen (secondary N) is 1. The van der Waals surface area contributed by atoms with E-state index < -0.39 is 40.1 Å². The van der Waals surface area contributed by atoms with Crippen molar-refractivity contribution in [1.82, 2.24) is 15.0 Å². The predicted molar refractivity (Wildman–Crippen MR) is 61.2 cm³/mol. The summed E-state index contributed by atoms with van der Waals surface area (Å²) in [5.41, 5.74) is -1.73. The highest BCUT2D eigenvalue weighted by molar-refractivity contribution is 9.10. The van der Waals surface area contributed by atoms with Crippen LogP contribution in [0.4, 0.5) is 26.3 Å². The van der Waals surface area contributed by atoms with E-state index in [1.165, 1.54) is 0 Å². The molecular weight excluding hydrogens is 372 g/mol. The first-order chi connectivity index (χ1) is 9.58. The van der Waals surface area contributed by atoms with Crippen LogP contribution in [0.5, 0.6) is 5.75 Å². The van der Waals surface area contributed by atoms with Gasteiger partial charge in [-0.1, -0.05) is 0 Å². The number of rotatable bonds is 2. The second-order valence-electron chi connectivity index (χ2n) is 3.65. The molecule has 0 aromatic carbocycles. The Hall–Kier alpha value is -1.78. The van der Waals surface area contributed by atoms with Crippen LogP contribution >= 0.6 is 15.9 Å². The van der Waals surface area contributed by atoms with Gasteiger partial charge in [-0.05, 0) is 28.1 Å². The summed E-state index contributed by atoms with van der Waals surface area (Å²) in [6, 6.07) is 2.06. The number of alkyl halides is 6. The second kappa shape index (κ2) is 5.20. The Morgan fingerprint density at radius 2 is 1.81 bits per heavy atom. The summed E-state index contributed by atoms with van der Waals surface area (Å²) in [7, 11) is 0. The summed E-state index contributed by atoms with van der Waals surface area (Å²) in [6.45, 7) is 0. The quantitative estimate of drug-likeness (QED) is 0.802. The van der Waals surface area contributed by atoms with Gasteiger partial charge in [-0.3, -0.25) is 0 Å². The zero-order valence-electron chi connectivity index (χ0n) is 9.68. The molecule has 2 aromatic heterocycles. The lowest BCUT2D eigenvalue weighted by molar-refractivity contribution is -0.274. The van der Waals surface area contributed by atoms with Crippen molar-refractivity contribution in [2.45, 2.75) is 12.5 Å². The van der Waals surface area contributed by atoms with E-state index >= 15 is 0 Å². The largest absolute Gasteiger partial charge is 0.573 e. The molecular formula is C10H4BrF6N3O. The fraction of sp³-hybridized carbons (Fsp3) is 0.200. The summed E-state index contributed by atoms with van der Waals surface area (Å²) < 4.78 is 77.7. The second-order valence-corrected chi connectivity index (χ2v) is 4.40. The van der Waals surface area contributed by atoms with Gasteiger partial charge in [-0.2, -0.15) is 13.2 Å². The molecule has 0 spiro atoms. The van der Waals surface area contributed by atoms with Crippen LogP contribution in [-0.2, 0) is 6.18 Å². The fourth-order valence-electron chi connectivity index (χ4n) is 1.43. The summed E-state index contributed by atoms with van der Waals surface area (Å²) in [5.74, 6) is -1.27. The van der Waals surface area contributed by atoms with Gasteiger partial charge in [0.15, 0.2) is 17.3 Å². The van der Waals surface area contributed by atoms with Crippen molar-refractivity contribution in [3.63, 3.8) is 0 Å². The van der Waals surface area contributed by atoms with Gasteiger partial charge < -0.3 is 9.72 Å². The number of aromatic nitrogens is 3. The van der Waals surface area contributed by atoms with Gasteiger partial charge >= 0.3 is 12.5 Å². The minimum Gasteiger partial charge on any atom is -0.403 e. The third-order valence-electron chi connectivity index (χ3n) is 2.16. The van der Waals surface area contributed by atoms with E-state index in [-0.39, 0.29) is 0 Å². The highest BCUT2D eigenvalue weighted by Crippen LogP contribution is 2.37. The van der Waals surface area contributed by atoms with Crippen molar-refractivity contribution in [1.29, 1.82) is 0 Å². The monoisotopic (exact) mass is 375 g/mol. The van der Waals surface area contributed by atoms with Gasteiger partial charge in [-0.15, -0.1) is 13.2 Å². The van der Waals surface area contributed by atoms with Crippen molar-refractivity contribution in [2.75, 3.05) is 0 Å². The lowest BCUT2D eigenvalue weighted by atomic mass is 10.3. The standard InChI is InChI=1S/C10H4BrF6N3O/c11-7-6(9(12,13)14)19-8(20-7)5-4(2-1-3-18-5)21-10(15,16)17/h1-3H,(H,19,20). The van der Waals surface area contributed by atoms with E-state index in [0.29, 0.717) is 0 Å². The van der Waals surface area contributed by atoms with Crippen LogP contribution in [0.15, 0.2) is 22.9 Å². The maximum atomic E-state index is 12.6. The smallest absolute Gasteiger partial charge is 0.403 e. The number of H-pyrrole nitrogens is 1. The maximum Gasteiger partial charge on any atom is 0.573 e. The number of pyridine rings is 1. The lowest BCUT2D eigenvalue weighted by Gasteiger charge is -2.10. The Morgan fingerprint density at radius 1 is 1.14 bits per heavy atom. The van der Waals surface area contributed by atoms with Crippen molar-refractivity contribution >= 4 is 15.9 Å². The molecule has 0 unspecified atom stereocenters. The number of hydrogen-bond donors (Lipinski definition) is 1. The SMILES string of the molecule is FC(F)(F)Oc1cccnc1-c1nc(Br)c(C(F)(F)F)[nH]1. The maximum absolute atomic E-state index is 12.6. The Morgan fingerprint density at radius 3 is 2.33 bits per heavy atom. The van der Waals surface area contributed by atoms with Crippen molar-refractivity contribution in [3.8, 4) is 17.3 Å². The third kappa shape index (κ3) is 3.65. The highest BCUT2D eigenvalue weighted by Gasteiger charge is 2.37. The Kier molecular flexibility index (Phi) is 3.87. The van der Waals surface area contributed by atoms with Crippen LogP contribution < -0.4 is 4.74 Å². The fourth-order valence-corrected chi connectivity index (χ4v) is 1.93. The van der Waals surface area contributed by atoms with Crippen molar-refractivity contribution < 1.29 is 31.1 Å². The van der Waals surface area contributed by atoms with Gasteiger partial charge in [0.25, 0.3) is 0 Å². The summed E-state index contributed by atoms with van der Waals surface area (Å²) in [5, 5.41) is 0. The van der Waals surface area contributed by atoms with Crippen LogP contribution in [0.2, 0.25) is 0 Å². The molecule has 2 heterocycles. The summed E-state index contributed by atoms with van der Waals surface area (Å²) in [4.78, 5) is 8.90. The van der Waals surface area contributed by atoms with Crippen LogP contribution in [-0.4, -0.2) is 21.3 Å². The molecule has 0 bridgehead atoms. The van der Waals surface area contributed by atoms with Crippen LogP contribution in [0.25, 0.3) is 11.5 Å². The summed E-state index contributed by atoms with van der Waals surface area (Å²) >= 11 is 2.58. The van der Waals surface area contributed by atoms with Gasteiger partial charge in [0.2, 0.25) is 0 Å². The van der Waals surface area contributed by atoms with Gasteiger partial charge in [-0.25, -0.2) is 9.97 Å². The van der Waals surface area contributed by atoms with Crippen LogP contribution in [0.3, 0.4) is 0 Å². The van der Waals surface area contributed by atoms with Gasteiger partial charge in [0, 0.05) is 6.20 Å². The number of ether oxygens (including phenoxy) is 1. The van der Waals surface area contributed by atoms with Crippen molar-refractivity contribution in [2.24, 2.45) is 0 Å². The molecule has 0 fully saturated rings. The van der Waals surface area contributed by atoms with E-state index in [2.05, 4.69) is 30.6 Å². The summed E-state index contributed by atoms with van der Waals surface area (Å²) in [6.07, 6.45) is -8.65. The van der Waals surface area contributed by atoms with Gasteiger partial charge in [0.05, 0.1) is 0 Å². The van der Waals surface area contributed by atoms with E-state index in [1.54, 1.807) is 0 Å². The molecule has 114 valence electrons. The number of halogens is 7. The molecule has 1 N–H and O–H groups in total. The molecule has 0 aliphatic heterocycles. The van der Waals surface area contributed by atoms with E-state index in [0.717, 1.165) is 18.3 Å². The van der Waals surface area contributed by atoms with E-state index in [1.807, 2.05) is 4.98 Å². The molecule has 0 atom stereocenters. The van der Waals surface area contributed by atoms with Crippen LogP contribution in [0, 0.1) is 0 Å². The molecule has 0 radical (unpaired) electrons. The predicted octanol–water partition coefficient (Wildman–Crippen LogP) is 4.15. The molecule has 0 aliphatic carbocycles. The normalized spacial score (nSPS) is 12.5. The zero-order chi connectivity index (χ0) is 15.8. The lowest BCUT2D eigenvalue weighted by Crippen LogP contribution is -2.18. The molecule has 4 nitrogen and oxygen atoms in total. The average Bonchev–Trinajstić information content (AvgIpc) is 2.69. The molecule has 11 heteroatoms. The van der Waals surface area contributed by atoms with E-state index in [4.69, 9.17) is 0 Å². The minimum atomic E-state index is -5.01. The van der Waals surface area contributed by atoms with E-state index in [9.17, 15) is 26.3 Å². The Balaban J connectivity index is 2.48. The minimum absolute atomic E-state index is 0.494. The molecule has 2 rings (SSSR count). The highest BCUT2D eigenvalue weighted by atomic mass is 79.9. The average molecular weight is 376 g/mol. The topological polar surface area (TPSA) is 50.8 Å². The van der Waals surface area contributed by atoms with Gasteiger partial charge in [0.1, 0.15) is 10.3 Å². The number of aromatic amines is 1. The molecule has 0 saturated carbocycles. The molecule has 21 heavy (non-hydrogen) atoms. The molecule has 2 aromatic rings.